The van der Waals surface area contributed by atoms with Crippen molar-refractivity contribution in [3.8, 4) is 0 Å². The zero-order valence-corrected chi connectivity index (χ0v) is 18.0. The summed E-state index contributed by atoms with van der Waals surface area (Å²) >= 11 is 11.8. The topological polar surface area (TPSA) is 61.4 Å². The first-order valence-corrected chi connectivity index (χ1v) is 10.0. The maximum absolute atomic E-state index is 12.1. The van der Waals surface area contributed by atoms with E-state index < -0.39 is 0 Å². The summed E-state index contributed by atoms with van der Waals surface area (Å²) in [6.07, 6.45) is 2.56. The summed E-state index contributed by atoms with van der Waals surface area (Å²) < 4.78 is 0. The minimum atomic E-state index is -0.00138. The van der Waals surface area contributed by atoms with Crippen LogP contribution in [0.5, 0.6) is 0 Å². The quantitative estimate of drug-likeness (QED) is 0.727. The van der Waals surface area contributed by atoms with E-state index in [1.165, 1.54) is 0 Å². The minimum absolute atomic E-state index is 0.00138. The molecule has 2 N–H and O–H groups in total. The lowest BCUT2D eigenvalue weighted by molar-refractivity contribution is -0.148. The first-order valence-electron chi connectivity index (χ1n) is 9.27. The highest BCUT2D eigenvalue weighted by atomic mass is 35.5. The number of amides is 2. The van der Waals surface area contributed by atoms with Gasteiger partial charge in [-0.2, -0.15) is 0 Å². The Labute approximate surface area is 171 Å². The molecule has 0 aromatic heterocycles. The molecule has 7 heteroatoms. The van der Waals surface area contributed by atoms with E-state index in [9.17, 15) is 9.59 Å². The highest BCUT2D eigenvalue weighted by molar-refractivity contribution is 6.35. The number of likely N-dealkylation sites (tertiary alicyclic amines) is 1. The summed E-state index contributed by atoms with van der Waals surface area (Å²) in [5.74, 6) is 0.0140. The molecule has 2 aliphatic rings. The van der Waals surface area contributed by atoms with Crippen molar-refractivity contribution in [2.45, 2.75) is 46.1 Å². The van der Waals surface area contributed by atoms with Crippen molar-refractivity contribution in [1.29, 1.82) is 0 Å². The van der Waals surface area contributed by atoms with E-state index in [4.69, 9.17) is 23.2 Å². The Bertz CT molecular complexity index is 654. The highest BCUT2D eigenvalue weighted by Crippen LogP contribution is 2.51. The van der Waals surface area contributed by atoms with Crippen LogP contribution in [0.4, 0.5) is 5.69 Å². The molecule has 1 spiro atoms. The molecule has 1 aromatic carbocycles. The summed E-state index contributed by atoms with van der Waals surface area (Å²) in [4.78, 5) is 24.4. The van der Waals surface area contributed by atoms with E-state index in [2.05, 4.69) is 38.3 Å². The van der Waals surface area contributed by atoms with Gasteiger partial charge in [-0.05, 0) is 58.4 Å². The van der Waals surface area contributed by atoms with E-state index in [0.29, 0.717) is 21.3 Å². The second-order valence-electron chi connectivity index (χ2n) is 8.54. The maximum atomic E-state index is 12.1. The van der Waals surface area contributed by atoms with Gasteiger partial charge in [0.25, 0.3) is 0 Å². The van der Waals surface area contributed by atoms with Gasteiger partial charge in [-0.15, -0.1) is 0 Å². The zero-order chi connectivity index (χ0) is 20.2. The fourth-order valence-corrected chi connectivity index (χ4v) is 4.25. The summed E-state index contributed by atoms with van der Waals surface area (Å²) in [5, 5.41) is 7.13. The van der Waals surface area contributed by atoms with Crippen LogP contribution in [0.25, 0.3) is 0 Å². The number of hydrogen-bond donors (Lipinski definition) is 2. The van der Waals surface area contributed by atoms with Gasteiger partial charge in [0.2, 0.25) is 12.3 Å². The summed E-state index contributed by atoms with van der Waals surface area (Å²) in [6.45, 7) is 11.2. The highest BCUT2D eigenvalue weighted by Gasteiger charge is 2.54. The molecular formula is C20H29Cl2N3O2. The Morgan fingerprint density at radius 2 is 1.78 bits per heavy atom. The van der Waals surface area contributed by atoms with Crippen molar-refractivity contribution in [3.05, 3.63) is 28.2 Å². The Morgan fingerprint density at radius 1 is 1.22 bits per heavy atom. The standard InChI is InChI=1S/C14H14Cl2N2O2.C6H15N/c15-10-1-11(16)3-12(2-10)17-13(20)9-4-14(5-9)6-18(7-14)8-19;1-5-7-6(2,3)4/h1-3,8-9H,4-7H2,(H,17,20);7H,5H2,1-4H3. The lowest BCUT2D eigenvalue weighted by Gasteiger charge is -2.57. The molecule has 0 atom stereocenters. The molecule has 2 fully saturated rings. The SMILES string of the molecule is CCNC(C)(C)C.O=CN1CC2(CC(C(=O)Nc3cc(Cl)cc(Cl)c3)C2)C1. The molecule has 5 nitrogen and oxygen atoms in total. The Morgan fingerprint density at radius 3 is 2.19 bits per heavy atom. The summed E-state index contributed by atoms with van der Waals surface area (Å²) in [7, 11) is 0. The van der Waals surface area contributed by atoms with Crippen LogP contribution in [0.15, 0.2) is 18.2 Å². The Balaban J connectivity index is 0.000000321. The van der Waals surface area contributed by atoms with Crippen molar-refractivity contribution in [3.63, 3.8) is 0 Å². The number of carbonyl (C=O) groups excluding carboxylic acids is 2. The van der Waals surface area contributed by atoms with Crippen molar-refractivity contribution in [1.82, 2.24) is 10.2 Å². The Hall–Kier alpha value is -1.30. The second-order valence-corrected chi connectivity index (χ2v) is 9.42. The van der Waals surface area contributed by atoms with E-state index >= 15 is 0 Å². The molecule has 1 aromatic rings. The summed E-state index contributed by atoms with van der Waals surface area (Å²) in [5.41, 5.74) is 1.11. The number of nitrogens with one attached hydrogen (secondary N) is 2. The molecule has 150 valence electrons. The largest absolute Gasteiger partial charge is 0.344 e. The normalized spacial score (nSPS) is 18.1. The molecular weight excluding hydrogens is 385 g/mol. The molecule has 1 heterocycles. The van der Waals surface area contributed by atoms with Crippen LogP contribution in [-0.2, 0) is 9.59 Å². The first-order chi connectivity index (χ1) is 12.6. The van der Waals surface area contributed by atoms with Gasteiger partial charge in [-0.25, -0.2) is 0 Å². The van der Waals surface area contributed by atoms with Crippen molar-refractivity contribution >= 4 is 41.2 Å². The molecule has 1 saturated heterocycles. The van der Waals surface area contributed by atoms with Crippen LogP contribution in [-0.4, -0.2) is 42.4 Å². The smallest absolute Gasteiger partial charge is 0.227 e. The van der Waals surface area contributed by atoms with Crippen molar-refractivity contribution in [2.24, 2.45) is 11.3 Å². The van der Waals surface area contributed by atoms with Gasteiger partial charge >= 0.3 is 0 Å². The first kappa shape index (κ1) is 22.0. The third kappa shape index (κ3) is 6.37. The predicted octanol–water partition coefficient (Wildman–Crippen LogP) is 4.19. The van der Waals surface area contributed by atoms with Gasteiger partial charge in [-0.1, -0.05) is 30.1 Å². The maximum Gasteiger partial charge on any atom is 0.227 e. The van der Waals surface area contributed by atoms with Gasteiger partial charge in [0, 0.05) is 45.7 Å². The third-order valence-electron chi connectivity index (χ3n) is 4.79. The van der Waals surface area contributed by atoms with Crippen molar-refractivity contribution < 1.29 is 9.59 Å². The van der Waals surface area contributed by atoms with Gasteiger partial charge in [0.15, 0.2) is 0 Å². The van der Waals surface area contributed by atoms with Crippen LogP contribution >= 0.6 is 23.2 Å². The van der Waals surface area contributed by atoms with Gasteiger partial charge in [0.1, 0.15) is 0 Å². The lowest BCUT2D eigenvalue weighted by Crippen LogP contribution is -2.63. The number of benzene rings is 1. The van der Waals surface area contributed by atoms with Gasteiger partial charge in [0.05, 0.1) is 0 Å². The van der Waals surface area contributed by atoms with E-state index in [-0.39, 0.29) is 17.2 Å². The van der Waals surface area contributed by atoms with Crippen molar-refractivity contribution in [2.75, 3.05) is 25.0 Å². The fraction of sp³-hybridized carbons (Fsp3) is 0.600. The number of hydrogen-bond acceptors (Lipinski definition) is 3. The predicted molar refractivity (Wildman–Crippen MR) is 111 cm³/mol. The number of nitrogens with zero attached hydrogens (tertiary/aromatic N) is 1. The molecule has 0 radical (unpaired) electrons. The number of rotatable bonds is 4. The van der Waals surface area contributed by atoms with Crippen LogP contribution in [0.3, 0.4) is 0 Å². The monoisotopic (exact) mass is 413 g/mol. The van der Waals surface area contributed by atoms with Crippen LogP contribution < -0.4 is 10.6 Å². The van der Waals surface area contributed by atoms with E-state index in [1.54, 1.807) is 23.1 Å². The van der Waals surface area contributed by atoms with E-state index in [0.717, 1.165) is 38.9 Å². The molecule has 0 bridgehead atoms. The molecule has 1 saturated carbocycles. The molecule has 1 aliphatic heterocycles. The second kappa shape index (κ2) is 8.80. The summed E-state index contributed by atoms with van der Waals surface area (Å²) in [6, 6.07) is 4.98. The minimum Gasteiger partial charge on any atom is -0.344 e. The van der Waals surface area contributed by atoms with Crippen LogP contribution in [0.2, 0.25) is 10.0 Å². The Kier molecular flexibility index (Phi) is 7.17. The van der Waals surface area contributed by atoms with E-state index in [1.807, 2.05) is 0 Å². The average Bonchev–Trinajstić information content (AvgIpc) is 2.42. The average molecular weight is 414 g/mol. The van der Waals surface area contributed by atoms with Gasteiger partial charge < -0.3 is 15.5 Å². The number of anilines is 1. The number of halogens is 2. The zero-order valence-electron chi connectivity index (χ0n) is 16.4. The fourth-order valence-electron chi connectivity index (χ4n) is 3.72. The van der Waals surface area contributed by atoms with Gasteiger partial charge in [-0.3, -0.25) is 9.59 Å². The number of carbonyl (C=O) groups is 2. The lowest BCUT2D eigenvalue weighted by atomic mass is 9.57. The molecule has 2 amide bonds. The van der Waals surface area contributed by atoms with Crippen LogP contribution in [0, 0.1) is 11.3 Å². The molecule has 1 aliphatic carbocycles. The third-order valence-corrected chi connectivity index (χ3v) is 5.23. The molecule has 3 rings (SSSR count). The van der Waals surface area contributed by atoms with Crippen LogP contribution in [0.1, 0.15) is 40.5 Å². The molecule has 27 heavy (non-hydrogen) atoms. The molecule has 0 unspecified atom stereocenters.